The molecule has 1 N–H and O–H groups in total. The number of carbonyl (C=O) groups is 1. The highest BCUT2D eigenvalue weighted by molar-refractivity contribution is 5.74. The van der Waals surface area contributed by atoms with Crippen LogP contribution in [0.25, 0.3) is 0 Å². The Hall–Kier alpha value is -1.98. The number of H-pyrrole nitrogens is 1. The van der Waals surface area contributed by atoms with Crippen LogP contribution in [0.4, 0.5) is 5.82 Å². The number of aromatic amines is 1. The quantitative estimate of drug-likeness (QED) is 0.385. The maximum atomic E-state index is 10.8. The molecule has 6 nitrogen and oxygen atoms in total. The molecule has 1 aromatic rings. The first-order valence-electron chi connectivity index (χ1n) is 2.98. The van der Waals surface area contributed by atoms with Crippen LogP contribution in [-0.4, -0.2) is 16.2 Å². The van der Waals surface area contributed by atoms with Gasteiger partial charge in [0.1, 0.15) is 5.56 Å². The van der Waals surface area contributed by atoms with E-state index >= 15 is 0 Å². The summed E-state index contributed by atoms with van der Waals surface area (Å²) >= 11 is 0. The van der Waals surface area contributed by atoms with Crippen LogP contribution >= 0.6 is 0 Å². The molecule has 0 unspecified atom stereocenters. The van der Waals surface area contributed by atoms with E-state index in [1.807, 2.05) is 4.98 Å². The number of nitrogens with zero attached hydrogens (tertiary/aromatic N) is 1. The van der Waals surface area contributed by atoms with E-state index in [0.29, 0.717) is 6.29 Å². The largest absolute Gasteiger partial charge is 0.358 e. The number of nitro groups is 1. The highest BCUT2D eigenvalue weighted by Gasteiger charge is 2.06. The molecule has 1 rings (SSSR count). The van der Waals surface area contributed by atoms with Gasteiger partial charge < -0.3 is 10.1 Å². The third kappa shape index (κ3) is 1.36. The SMILES string of the molecule is O=Cc1ccc([N+](=O)[O-])[nH]c1=O. The average Bonchev–Trinajstić information content (AvgIpc) is 2.04. The number of hydrogen-bond donors (Lipinski definition) is 1. The fourth-order valence-electron chi connectivity index (χ4n) is 0.674. The van der Waals surface area contributed by atoms with Gasteiger partial charge in [-0.15, -0.1) is 0 Å². The van der Waals surface area contributed by atoms with Gasteiger partial charge in [-0.25, -0.2) is 9.78 Å². The summed E-state index contributed by atoms with van der Waals surface area (Å²) in [5.74, 6) is -0.425. The normalized spacial score (nSPS) is 9.33. The first kappa shape index (κ1) is 8.12. The van der Waals surface area contributed by atoms with Gasteiger partial charge in [-0.2, -0.15) is 0 Å². The maximum absolute atomic E-state index is 10.8. The summed E-state index contributed by atoms with van der Waals surface area (Å²) in [5, 5.41) is 10.1. The van der Waals surface area contributed by atoms with Crippen LogP contribution in [0, 0.1) is 10.1 Å². The minimum atomic E-state index is -0.751. The summed E-state index contributed by atoms with van der Waals surface area (Å²) in [7, 11) is 0. The van der Waals surface area contributed by atoms with Gasteiger partial charge in [-0.1, -0.05) is 0 Å². The van der Waals surface area contributed by atoms with Gasteiger partial charge in [0.25, 0.3) is 0 Å². The summed E-state index contributed by atoms with van der Waals surface area (Å²) in [4.78, 5) is 32.2. The molecule has 12 heavy (non-hydrogen) atoms. The van der Waals surface area contributed by atoms with Crippen LogP contribution in [-0.2, 0) is 0 Å². The Balaban J connectivity index is 3.28. The molecule has 0 amide bonds. The molecule has 6 heteroatoms. The van der Waals surface area contributed by atoms with Crippen molar-refractivity contribution < 1.29 is 9.72 Å². The number of nitrogens with one attached hydrogen (secondary N) is 1. The summed E-state index contributed by atoms with van der Waals surface area (Å²) in [6.45, 7) is 0. The van der Waals surface area contributed by atoms with E-state index in [-0.39, 0.29) is 5.56 Å². The van der Waals surface area contributed by atoms with Crippen molar-refractivity contribution in [2.75, 3.05) is 0 Å². The first-order valence-corrected chi connectivity index (χ1v) is 2.98. The topological polar surface area (TPSA) is 93.1 Å². The van der Waals surface area contributed by atoms with Gasteiger partial charge >= 0.3 is 11.4 Å². The molecule has 0 atom stereocenters. The summed E-state index contributed by atoms with van der Waals surface area (Å²) in [6.07, 6.45) is 0.336. The third-order valence-electron chi connectivity index (χ3n) is 1.25. The molecule has 62 valence electrons. The summed E-state index contributed by atoms with van der Waals surface area (Å²) < 4.78 is 0. The van der Waals surface area contributed by atoms with Gasteiger partial charge in [0.15, 0.2) is 6.29 Å². The van der Waals surface area contributed by atoms with E-state index < -0.39 is 16.3 Å². The number of pyridine rings is 1. The molecule has 0 saturated carbocycles. The lowest BCUT2D eigenvalue weighted by atomic mass is 10.3. The molecule has 0 aliphatic rings. The monoisotopic (exact) mass is 168 g/mol. The first-order chi connectivity index (χ1) is 5.65. The molecular formula is C6H4N2O4. The fourth-order valence-corrected chi connectivity index (χ4v) is 0.674. The van der Waals surface area contributed by atoms with Crippen LogP contribution < -0.4 is 5.56 Å². The molecule has 0 fully saturated rings. The second-order valence-electron chi connectivity index (χ2n) is 2.00. The van der Waals surface area contributed by atoms with Crippen molar-refractivity contribution in [3.63, 3.8) is 0 Å². The molecule has 0 radical (unpaired) electrons. The Bertz CT molecular complexity index is 381. The molecular weight excluding hydrogens is 164 g/mol. The van der Waals surface area contributed by atoms with E-state index in [1.54, 1.807) is 0 Å². The Labute approximate surface area is 66.0 Å². The predicted molar refractivity (Wildman–Crippen MR) is 39.1 cm³/mol. The standard InChI is InChI=1S/C6H4N2O4/c9-3-4-1-2-5(8(11)12)7-6(4)10/h1-3H,(H,7,10). The van der Waals surface area contributed by atoms with Crippen molar-refractivity contribution >= 4 is 12.1 Å². The summed E-state index contributed by atoms with van der Waals surface area (Å²) in [5.41, 5.74) is -0.875. The van der Waals surface area contributed by atoms with Crippen LogP contribution in [0.3, 0.4) is 0 Å². The molecule has 1 aromatic heterocycles. The van der Waals surface area contributed by atoms with E-state index in [2.05, 4.69) is 0 Å². The lowest BCUT2D eigenvalue weighted by molar-refractivity contribution is -0.389. The zero-order valence-corrected chi connectivity index (χ0v) is 5.81. The number of rotatable bonds is 2. The maximum Gasteiger partial charge on any atom is 0.342 e. The predicted octanol–water partition coefficient (Wildman–Crippen LogP) is 0.0956. The number of aromatic nitrogens is 1. The van der Waals surface area contributed by atoms with Gasteiger partial charge in [-0.3, -0.25) is 4.79 Å². The van der Waals surface area contributed by atoms with Crippen molar-refractivity contribution in [3.05, 3.63) is 38.2 Å². The molecule has 0 saturated heterocycles. The Morgan fingerprint density at radius 1 is 1.50 bits per heavy atom. The number of carbonyl (C=O) groups excluding carboxylic acids is 1. The highest BCUT2D eigenvalue weighted by atomic mass is 16.6. The van der Waals surface area contributed by atoms with Crippen molar-refractivity contribution in [1.29, 1.82) is 0 Å². The Morgan fingerprint density at radius 2 is 2.17 bits per heavy atom. The molecule has 0 aliphatic carbocycles. The van der Waals surface area contributed by atoms with E-state index in [1.165, 1.54) is 0 Å². The van der Waals surface area contributed by atoms with Gasteiger partial charge in [0.2, 0.25) is 0 Å². The van der Waals surface area contributed by atoms with E-state index in [9.17, 15) is 19.7 Å². The van der Waals surface area contributed by atoms with Crippen molar-refractivity contribution in [3.8, 4) is 0 Å². The molecule has 0 aromatic carbocycles. The van der Waals surface area contributed by atoms with E-state index in [0.717, 1.165) is 12.1 Å². The van der Waals surface area contributed by atoms with Crippen molar-refractivity contribution in [2.24, 2.45) is 0 Å². The van der Waals surface area contributed by atoms with Crippen LogP contribution in [0.1, 0.15) is 10.4 Å². The third-order valence-corrected chi connectivity index (χ3v) is 1.25. The van der Waals surface area contributed by atoms with Crippen LogP contribution in [0.2, 0.25) is 0 Å². The van der Waals surface area contributed by atoms with Crippen molar-refractivity contribution in [1.82, 2.24) is 4.98 Å². The Kier molecular flexibility index (Phi) is 2.00. The zero-order chi connectivity index (χ0) is 9.14. The number of hydrogen-bond acceptors (Lipinski definition) is 4. The lowest BCUT2D eigenvalue weighted by Gasteiger charge is -1.91. The van der Waals surface area contributed by atoms with Gasteiger partial charge in [0.05, 0.1) is 0 Å². The van der Waals surface area contributed by atoms with Crippen LogP contribution in [0.15, 0.2) is 16.9 Å². The summed E-state index contributed by atoms with van der Waals surface area (Å²) in [6, 6.07) is 2.16. The second kappa shape index (κ2) is 2.95. The van der Waals surface area contributed by atoms with E-state index in [4.69, 9.17) is 0 Å². The second-order valence-corrected chi connectivity index (χ2v) is 2.00. The van der Waals surface area contributed by atoms with Gasteiger partial charge in [0, 0.05) is 6.07 Å². The minimum Gasteiger partial charge on any atom is -0.358 e. The average molecular weight is 168 g/mol. The lowest BCUT2D eigenvalue weighted by Crippen LogP contribution is -2.12. The molecule has 0 spiro atoms. The highest BCUT2D eigenvalue weighted by Crippen LogP contribution is 2.01. The smallest absolute Gasteiger partial charge is 0.342 e. The molecule has 0 aliphatic heterocycles. The fraction of sp³-hybridized carbons (Fsp3) is 0. The van der Waals surface area contributed by atoms with Gasteiger partial charge in [-0.05, 0) is 11.0 Å². The minimum absolute atomic E-state index is 0.124. The van der Waals surface area contributed by atoms with Crippen LogP contribution in [0.5, 0.6) is 0 Å². The molecule has 1 heterocycles. The van der Waals surface area contributed by atoms with Crippen molar-refractivity contribution in [2.45, 2.75) is 0 Å². The number of aldehydes is 1. The Morgan fingerprint density at radius 3 is 2.58 bits per heavy atom. The molecule has 0 bridgehead atoms. The zero-order valence-electron chi connectivity index (χ0n) is 5.81.